The number of unbranched alkanes of at least 4 members (excludes halogenated alkanes) is 14. The molecule has 0 bridgehead atoms. The Morgan fingerprint density at radius 1 is 0.851 bits per heavy atom. The fourth-order valence-corrected chi connectivity index (χ4v) is 9.93. The van der Waals surface area contributed by atoms with E-state index in [1.165, 1.54) is 70.6 Å². The molecule has 0 radical (unpaired) electrons. The predicted octanol–water partition coefficient (Wildman–Crippen LogP) is 11.1. The Kier molecular flexibility index (Phi) is 15.9. The van der Waals surface area contributed by atoms with Crippen LogP contribution >= 0.6 is 0 Å². The van der Waals surface area contributed by atoms with Crippen molar-refractivity contribution in [2.45, 2.75) is 187 Å². The molecule has 2 fully saturated rings. The zero-order chi connectivity index (χ0) is 33.6. The maximum absolute atomic E-state index is 16.1. The third kappa shape index (κ3) is 10.4. The van der Waals surface area contributed by atoms with Crippen LogP contribution in [0.3, 0.4) is 0 Å². The molecule has 2 N–H and O–H groups in total. The van der Waals surface area contributed by atoms with E-state index in [0.717, 1.165) is 88.4 Å². The van der Waals surface area contributed by atoms with Gasteiger partial charge in [0.15, 0.2) is 0 Å². The van der Waals surface area contributed by atoms with Gasteiger partial charge in [-0.05, 0) is 97.8 Å². The zero-order valence-electron chi connectivity index (χ0n) is 30.5. The van der Waals surface area contributed by atoms with Gasteiger partial charge in [0.25, 0.3) is 0 Å². The maximum Gasteiger partial charge on any atom is 0.222 e. The molecule has 2 saturated carbocycles. The van der Waals surface area contributed by atoms with Crippen molar-refractivity contribution in [1.29, 1.82) is 0 Å². The van der Waals surface area contributed by atoms with Crippen LogP contribution in [0.15, 0.2) is 18.2 Å². The Bertz CT molecular complexity index is 1060. The van der Waals surface area contributed by atoms with Gasteiger partial charge in [-0.2, -0.15) is 0 Å². The molecule has 5 heteroatoms. The third-order valence-corrected chi connectivity index (χ3v) is 12.7. The Balaban J connectivity index is 1.24. The number of hydrogen-bond donors (Lipinski definition) is 2. The van der Waals surface area contributed by atoms with Gasteiger partial charge in [-0.15, -0.1) is 0 Å². The first kappa shape index (κ1) is 38.2. The summed E-state index contributed by atoms with van der Waals surface area (Å²) in [7, 11) is 0. The number of rotatable bonds is 22. The summed E-state index contributed by atoms with van der Waals surface area (Å²) in [5.74, 6) is 1.52. The summed E-state index contributed by atoms with van der Waals surface area (Å²) in [6.07, 6.45) is 24.3. The van der Waals surface area contributed by atoms with E-state index in [0.29, 0.717) is 30.6 Å². The fraction of sp³-hybridized carbons (Fsp3) is 0.833. The summed E-state index contributed by atoms with van der Waals surface area (Å²) in [5.41, 5.74) is 1.91. The molecular weight excluding hydrogens is 585 g/mol. The summed E-state index contributed by atoms with van der Waals surface area (Å²) in [6.45, 7) is 8.44. The number of phenolic OH excluding ortho intramolecular Hbond substituents is 1. The van der Waals surface area contributed by atoms with Gasteiger partial charge in [-0.3, -0.25) is 4.79 Å². The summed E-state index contributed by atoms with van der Waals surface area (Å²) >= 11 is 0. The number of nitrogens with zero attached hydrogens (tertiary/aromatic N) is 1. The van der Waals surface area contributed by atoms with Gasteiger partial charge in [-0.1, -0.05) is 117 Å². The van der Waals surface area contributed by atoms with Crippen LogP contribution in [-0.4, -0.2) is 46.4 Å². The van der Waals surface area contributed by atoms with Gasteiger partial charge in [0.05, 0.1) is 6.10 Å². The van der Waals surface area contributed by atoms with E-state index in [-0.39, 0.29) is 23.0 Å². The number of amides is 1. The highest BCUT2D eigenvalue weighted by molar-refractivity contribution is 5.76. The standard InChI is InChI=1S/C42H70FNO3/c1-4-6-8-10-11-12-13-14-18-22-39(47)44(27-19-9-7-5-2)28-20-16-15-17-21-32-29-33-30-34(45)23-24-35(33)41-37(43)31-42(3)36(40(32)41)25-26-38(42)46/h23-24,30,32,36-38,40-41,45-46H,4-22,25-29,31H2,1-3H3/t32-,36?,37+,38+,40?,41?,42+/m1/s1. The molecule has 0 saturated heterocycles. The van der Waals surface area contributed by atoms with Gasteiger partial charge in [-0.25, -0.2) is 4.39 Å². The minimum Gasteiger partial charge on any atom is -0.508 e. The number of aromatic hydroxyl groups is 1. The molecule has 1 amide bonds. The number of carbonyl (C=O) groups excluding carboxylic acids is 1. The second-order valence-corrected chi connectivity index (χ2v) is 16.1. The molecule has 3 aliphatic rings. The van der Waals surface area contributed by atoms with E-state index >= 15 is 4.39 Å². The second-order valence-electron chi connectivity index (χ2n) is 16.1. The van der Waals surface area contributed by atoms with Crippen molar-refractivity contribution in [3.05, 3.63) is 29.3 Å². The zero-order valence-corrected chi connectivity index (χ0v) is 30.5. The Morgan fingerprint density at radius 3 is 2.13 bits per heavy atom. The lowest BCUT2D eigenvalue weighted by molar-refractivity contribution is -0.131. The summed E-state index contributed by atoms with van der Waals surface area (Å²) < 4.78 is 16.1. The topological polar surface area (TPSA) is 60.8 Å². The number of alkyl halides is 1. The number of halogens is 1. The number of carbonyl (C=O) groups is 1. The normalized spacial score (nSPS) is 28.1. The van der Waals surface area contributed by atoms with Crippen molar-refractivity contribution >= 4 is 5.91 Å². The van der Waals surface area contributed by atoms with Crippen LogP contribution in [0.4, 0.5) is 4.39 Å². The molecule has 1 aromatic rings. The van der Waals surface area contributed by atoms with Gasteiger partial charge in [0, 0.05) is 25.4 Å². The highest BCUT2D eigenvalue weighted by Crippen LogP contribution is 2.63. The SMILES string of the molecule is CCCCCCCCCCCC(=O)N(CCCCCC)CCCCCC[C@@H]1Cc2cc(O)ccc2C2C1C1CC[C@H](O)[C@@]1(C)C[C@@H]2F. The van der Waals surface area contributed by atoms with Crippen molar-refractivity contribution < 1.29 is 19.4 Å². The van der Waals surface area contributed by atoms with Crippen LogP contribution in [-0.2, 0) is 11.2 Å². The van der Waals surface area contributed by atoms with Crippen LogP contribution in [0.5, 0.6) is 5.75 Å². The van der Waals surface area contributed by atoms with Crippen molar-refractivity contribution in [2.24, 2.45) is 23.2 Å². The first-order valence-corrected chi connectivity index (χ1v) is 20.2. The lowest BCUT2D eigenvalue weighted by Gasteiger charge is -2.54. The molecule has 0 spiro atoms. The summed E-state index contributed by atoms with van der Waals surface area (Å²) in [5, 5.41) is 21.2. The average Bonchev–Trinajstić information content (AvgIpc) is 3.35. The van der Waals surface area contributed by atoms with Crippen LogP contribution in [0, 0.1) is 23.2 Å². The highest BCUT2D eigenvalue weighted by atomic mass is 19.1. The molecule has 1 aromatic carbocycles. The molecule has 3 aliphatic carbocycles. The maximum atomic E-state index is 16.1. The van der Waals surface area contributed by atoms with Gasteiger partial charge in [0.1, 0.15) is 11.9 Å². The first-order chi connectivity index (χ1) is 22.8. The van der Waals surface area contributed by atoms with Gasteiger partial charge in [0.2, 0.25) is 5.91 Å². The number of benzene rings is 1. The molecule has 0 aromatic heterocycles. The number of phenols is 1. The van der Waals surface area contributed by atoms with Crippen molar-refractivity contribution in [1.82, 2.24) is 4.90 Å². The molecule has 0 heterocycles. The van der Waals surface area contributed by atoms with Crippen LogP contribution in [0.25, 0.3) is 0 Å². The van der Waals surface area contributed by atoms with E-state index in [1.807, 2.05) is 12.1 Å². The average molecular weight is 656 g/mol. The van der Waals surface area contributed by atoms with Crippen molar-refractivity contribution in [3.8, 4) is 5.75 Å². The van der Waals surface area contributed by atoms with E-state index in [1.54, 1.807) is 6.07 Å². The predicted molar refractivity (Wildman–Crippen MR) is 194 cm³/mol. The van der Waals surface area contributed by atoms with Crippen LogP contribution in [0.2, 0.25) is 0 Å². The molecule has 47 heavy (non-hydrogen) atoms. The molecule has 3 unspecified atom stereocenters. The molecule has 7 atom stereocenters. The molecule has 268 valence electrons. The minimum atomic E-state index is -0.948. The lowest BCUT2D eigenvalue weighted by Crippen LogP contribution is -2.51. The number of hydrogen-bond acceptors (Lipinski definition) is 3. The van der Waals surface area contributed by atoms with E-state index in [9.17, 15) is 15.0 Å². The number of fused-ring (bicyclic) bond motifs is 5. The molecule has 0 aliphatic heterocycles. The Labute approximate surface area is 287 Å². The minimum absolute atomic E-state index is 0.120. The Morgan fingerprint density at radius 2 is 1.45 bits per heavy atom. The molecule has 4 rings (SSSR count). The van der Waals surface area contributed by atoms with E-state index in [4.69, 9.17) is 0 Å². The van der Waals surface area contributed by atoms with Crippen molar-refractivity contribution in [3.63, 3.8) is 0 Å². The van der Waals surface area contributed by atoms with Gasteiger partial charge >= 0.3 is 0 Å². The second kappa shape index (κ2) is 19.5. The number of aliphatic hydroxyl groups excluding tert-OH is 1. The molecule has 4 nitrogen and oxygen atoms in total. The van der Waals surface area contributed by atoms with Crippen molar-refractivity contribution in [2.75, 3.05) is 13.1 Å². The fourth-order valence-electron chi connectivity index (χ4n) is 9.93. The first-order valence-electron chi connectivity index (χ1n) is 20.2. The van der Waals surface area contributed by atoms with Crippen LogP contribution < -0.4 is 0 Å². The largest absolute Gasteiger partial charge is 0.508 e. The molecular formula is C42H70FNO3. The number of aliphatic hydroxyl groups is 1. The monoisotopic (exact) mass is 656 g/mol. The quantitative estimate of drug-likeness (QED) is 0.122. The van der Waals surface area contributed by atoms with E-state index < -0.39 is 12.3 Å². The van der Waals surface area contributed by atoms with Crippen LogP contribution in [0.1, 0.15) is 179 Å². The van der Waals surface area contributed by atoms with Gasteiger partial charge < -0.3 is 15.1 Å². The smallest absolute Gasteiger partial charge is 0.222 e. The summed E-state index contributed by atoms with van der Waals surface area (Å²) in [4.78, 5) is 15.4. The third-order valence-electron chi connectivity index (χ3n) is 12.7. The summed E-state index contributed by atoms with van der Waals surface area (Å²) in [6, 6.07) is 5.59. The lowest BCUT2D eigenvalue weighted by atomic mass is 9.51. The van der Waals surface area contributed by atoms with E-state index in [2.05, 4.69) is 25.7 Å². The Hall–Kier alpha value is -1.62. The highest BCUT2D eigenvalue weighted by Gasteiger charge is 2.59.